The number of benzene rings is 1. The van der Waals surface area contributed by atoms with E-state index in [4.69, 9.17) is 4.74 Å². The molecule has 0 unspecified atom stereocenters. The molecule has 0 aliphatic carbocycles. The van der Waals surface area contributed by atoms with Crippen molar-refractivity contribution >= 4 is 11.6 Å². The van der Waals surface area contributed by atoms with Gasteiger partial charge in [0.15, 0.2) is 0 Å². The van der Waals surface area contributed by atoms with Crippen LogP contribution in [0.25, 0.3) is 0 Å². The standard InChI is InChI=1S/C16H25N3O2/c1-13(2)21-15-7-5-4-6-14(15)17-16(20)12-19-10-8-18(3)9-11-19/h4-7,13H,8-12H2,1-3H3,(H,17,20). The van der Waals surface area contributed by atoms with E-state index in [0.717, 1.165) is 37.6 Å². The molecule has 2 rings (SSSR count). The molecule has 116 valence electrons. The normalized spacial score (nSPS) is 17.0. The van der Waals surface area contributed by atoms with E-state index >= 15 is 0 Å². The van der Waals surface area contributed by atoms with Crippen LogP contribution >= 0.6 is 0 Å². The third kappa shape index (κ3) is 5.02. The number of hydrogen-bond donors (Lipinski definition) is 1. The topological polar surface area (TPSA) is 44.8 Å². The summed E-state index contributed by atoms with van der Waals surface area (Å²) in [6, 6.07) is 7.57. The molecular weight excluding hydrogens is 266 g/mol. The van der Waals surface area contributed by atoms with E-state index < -0.39 is 0 Å². The van der Waals surface area contributed by atoms with Crippen LogP contribution in [-0.4, -0.2) is 61.6 Å². The number of hydrogen-bond acceptors (Lipinski definition) is 4. The Hall–Kier alpha value is -1.59. The van der Waals surface area contributed by atoms with Crippen LogP contribution in [0.5, 0.6) is 5.75 Å². The van der Waals surface area contributed by atoms with Crippen LogP contribution in [0.2, 0.25) is 0 Å². The highest BCUT2D eigenvalue weighted by molar-refractivity contribution is 5.93. The molecule has 1 aromatic rings. The maximum absolute atomic E-state index is 12.2. The number of carbonyl (C=O) groups is 1. The zero-order valence-electron chi connectivity index (χ0n) is 13.1. The van der Waals surface area contributed by atoms with Gasteiger partial charge in [0.1, 0.15) is 5.75 Å². The predicted molar refractivity (Wildman–Crippen MR) is 84.8 cm³/mol. The molecule has 21 heavy (non-hydrogen) atoms. The first-order chi connectivity index (χ1) is 10.0. The van der Waals surface area contributed by atoms with E-state index in [1.807, 2.05) is 38.1 Å². The lowest BCUT2D eigenvalue weighted by molar-refractivity contribution is -0.117. The van der Waals surface area contributed by atoms with Crippen LogP contribution in [0.15, 0.2) is 24.3 Å². The fourth-order valence-electron chi connectivity index (χ4n) is 2.33. The Morgan fingerprint density at radius 3 is 2.57 bits per heavy atom. The summed E-state index contributed by atoms with van der Waals surface area (Å²) in [6.45, 7) is 8.29. The summed E-state index contributed by atoms with van der Waals surface area (Å²) in [6.07, 6.45) is 0.0840. The SMILES string of the molecule is CC(C)Oc1ccccc1NC(=O)CN1CCN(C)CC1. The number of ether oxygens (including phenoxy) is 1. The first-order valence-electron chi connectivity index (χ1n) is 7.51. The maximum Gasteiger partial charge on any atom is 0.238 e. The van der Waals surface area contributed by atoms with Gasteiger partial charge in [-0.05, 0) is 33.0 Å². The van der Waals surface area contributed by atoms with Crippen LogP contribution in [0, 0.1) is 0 Å². The van der Waals surface area contributed by atoms with Crippen LogP contribution < -0.4 is 10.1 Å². The number of piperazine rings is 1. The van der Waals surface area contributed by atoms with Crippen molar-refractivity contribution in [2.45, 2.75) is 20.0 Å². The molecule has 1 aliphatic heterocycles. The molecular formula is C16H25N3O2. The van der Waals surface area contributed by atoms with Crippen LogP contribution in [-0.2, 0) is 4.79 Å². The minimum atomic E-state index is 0.0133. The predicted octanol–water partition coefficient (Wildman–Crippen LogP) is 1.66. The Morgan fingerprint density at radius 2 is 1.90 bits per heavy atom. The minimum absolute atomic E-state index is 0.0133. The summed E-state index contributed by atoms with van der Waals surface area (Å²) in [5.74, 6) is 0.735. The summed E-state index contributed by atoms with van der Waals surface area (Å²) >= 11 is 0. The quantitative estimate of drug-likeness (QED) is 0.896. The second kappa shape index (κ2) is 7.43. The molecule has 5 heteroatoms. The van der Waals surface area contributed by atoms with Crippen molar-refractivity contribution in [1.82, 2.24) is 9.80 Å². The lowest BCUT2D eigenvalue weighted by Crippen LogP contribution is -2.47. The molecule has 1 amide bonds. The summed E-state index contributed by atoms with van der Waals surface area (Å²) in [7, 11) is 2.11. The number of likely N-dealkylation sites (N-methyl/N-ethyl adjacent to an activating group) is 1. The Morgan fingerprint density at radius 1 is 1.24 bits per heavy atom. The lowest BCUT2D eigenvalue weighted by Gasteiger charge is -2.31. The van der Waals surface area contributed by atoms with Crippen LogP contribution in [0.1, 0.15) is 13.8 Å². The van der Waals surface area contributed by atoms with Gasteiger partial charge in [-0.25, -0.2) is 0 Å². The number of anilines is 1. The third-order valence-corrected chi connectivity index (χ3v) is 3.49. The molecule has 0 spiro atoms. The summed E-state index contributed by atoms with van der Waals surface area (Å²) in [5.41, 5.74) is 0.741. The summed E-state index contributed by atoms with van der Waals surface area (Å²) in [5, 5.41) is 2.96. The fourth-order valence-corrected chi connectivity index (χ4v) is 2.33. The molecule has 1 aromatic carbocycles. The monoisotopic (exact) mass is 291 g/mol. The van der Waals surface area contributed by atoms with E-state index in [9.17, 15) is 4.79 Å². The largest absolute Gasteiger partial charge is 0.489 e. The van der Waals surface area contributed by atoms with Gasteiger partial charge in [0.05, 0.1) is 18.3 Å². The lowest BCUT2D eigenvalue weighted by atomic mass is 10.2. The zero-order chi connectivity index (χ0) is 15.2. The zero-order valence-corrected chi connectivity index (χ0v) is 13.1. The number of nitrogens with zero attached hydrogens (tertiary/aromatic N) is 2. The Bertz CT molecular complexity index is 468. The van der Waals surface area contributed by atoms with E-state index in [1.54, 1.807) is 0 Å². The van der Waals surface area contributed by atoms with Gasteiger partial charge in [-0.2, -0.15) is 0 Å². The Balaban J connectivity index is 1.90. The molecule has 5 nitrogen and oxygen atoms in total. The van der Waals surface area contributed by atoms with Gasteiger partial charge >= 0.3 is 0 Å². The average Bonchev–Trinajstić information content (AvgIpc) is 2.43. The molecule has 1 saturated heterocycles. The first-order valence-corrected chi connectivity index (χ1v) is 7.51. The van der Waals surface area contributed by atoms with Crippen molar-refractivity contribution in [3.05, 3.63) is 24.3 Å². The van der Waals surface area contributed by atoms with Crippen molar-refractivity contribution in [3.63, 3.8) is 0 Å². The van der Waals surface area contributed by atoms with Crippen molar-refractivity contribution in [3.8, 4) is 5.75 Å². The highest BCUT2D eigenvalue weighted by atomic mass is 16.5. The van der Waals surface area contributed by atoms with Gasteiger partial charge in [-0.3, -0.25) is 9.69 Å². The number of rotatable bonds is 5. The smallest absolute Gasteiger partial charge is 0.238 e. The van der Waals surface area contributed by atoms with Gasteiger partial charge in [-0.1, -0.05) is 12.1 Å². The average molecular weight is 291 g/mol. The molecule has 1 aliphatic rings. The number of nitrogens with one attached hydrogen (secondary N) is 1. The molecule has 0 saturated carbocycles. The molecule has 1 N–H and O–H groups in total. The third-order valence-electron chi connectivity index (χ3n) is 3.49. The highest BCUT2D eigenvalue weighted by Gasteiger charge is 2.17. The maximum atomic E-state index is 12.2. The van der Waals surface area contributed by atoms with E-state index in [0.29, 0.717) is 6.54 Å². The molecule has 0 atom stereocenters. The van der Waals surface area contributed by atoms with Crippen molar-refractivity contribution in [2.75, 3.05) is 45.1 Å². The van der Waals surface area contributed by atoms with Crippen LogP contribution in [0.4, 0.5) is 5.69 Å². The Labute approximate surface area is 126 Å². The minimum Gasteiger partial charge on any atom is -0.489 e. The molecule has 1 fully saturated rings. The highest BCUT2D eigenvalue weighted by Crippen LogP contribution is 2.24. The number of amides is 1. The van der Waals surface area contributed by atoms with Crippen molar-refractivity contribution in [2.24, 2.45) is 0 Å². The summed E-state index contributed by atoms with van der Waals surface area (Å²) < 4.78 is 5.72. The number of carbonyl (C=O) groups excluding carboxylic acids is 1. The van der Waals surface area contributed by atoms with Crippen molar-refractivity contribution in [1.29, 1.82) is 0 Å². The fraction of sp³-hybridized carbons (Fsp3) is 0.562. The van der Waals surface area contributed by atoms with Gasteiger partial charge in [-0.15, -0.1) is 0 Å². The second-order valence-corrected chi connectivity index (χ2v) is 5.79. The van der Waals surface area contributed by atoms with Gasteiger partial charge in [0.25, 0.3) is 0 Å². The van der Waals surface area contributed by atoms with Gasteiger partial charge in [0.2, 0.25) is 5.91 Å². The van der Waals surface area contributed by atoms with E-state index in [2.05, 4.69) is 22.2 Å². The Kier molecular flexibility index (Phi) is 5.59. The molecule has 0 bridgehead atoms. The van der Waals surface area contributed by atoms with Gasteiger partial charge < -0.3 is 15.0 Å². The van der Waals surface area contributed by atoms with Crippen molar-refractivity contribution < 1.29 is 9.53 Å². The van der Waals surface area contributed by atoms with Crippen LogP contribution in [0.3, 0.4) is 0 Å². The van der Waals surface area contributed by atoms with Gasteiger partial charge in [0, 0.05) is 26.2 Å². The summed E-state index contributed by atoms with van der Waals surface area (Å²) in [4.78, 5) is 16.6. The number of para-hydroxylation sites is 2. The molecule has 0 aromatic heterocycles. The molecule has 1 heterocycles. The second-order valence-electron chi connectivity index (χ2n) is 5.79. The first kappa shape index (κ1) is 15.8. The van der Waals surface area contributed by atoms with E-state index in [-0.39, 0.29) is 12.0 Å². The molecule has 0 radical (unpaired) electrons. The van der Waals surface area contributed by atoms with E-state index in [1.165, 1.54) is 0 Å².